The quantitative estimate of drug-likeness (QED) is 0.125. The molecule has 44 heavy (non-hydrogen) atoms. The lowest BCUT2D eigenvalue weighted by atomic mass is 9.94. The second-order valence-electron chi connectivity index (χ2n) is 9.58. The molecule has 0 aromatic heterocycles. The number of carboxylic acids is 1. The van der Waals surface area contributed by atoms with E-state index in [1.165, 1.54) is 24.3 Å². The summed E-state index contributed by atoms with van der Waals surface area (Å²) in [6, 6.07) is 28.3. The van der Waals surface area contributed by atoms with Gasteiger partial charge in [-0.3, -0.25) is 0 Å². The molecule has 0 spiro atoms. The molecule has 9 heteroatoms. The highest BCUT2D eigenvalue weighted by Gasteiger charge is 2.15. The molecule has 0 fully saturated rings. The zero-order valence-corrected chi connectivity index (χ0v) is 23.6. The van der Waals surface area contributed by atoms with Gasteiger partial charge in [0.05, 0.1) is 0 Å². The smallest absolute Gasteiger partial charge is 0.360 e. The molecule has 0 saturated carbocycles. The van der Waals surface area contributed by atoms with Crippen LogP contribution in [-0.2, 0) is 4.79 Å². The zero-order valence-electron chi connectivity index (χ0n) is 22.8. The Hall–Kier alpha value is -5.08. The maximum Gasteiger partial charge on any atom is 0.360 e. The minimum Gasteiger partial charge on any atom is -0.490 e. The van der Waals surface area contributed by atoms with Gasteiger partial charge in [0.15, 0.2) is 23.3 Å². The third kappa shape index (κ3) is 7.27. The fourth-order valence-corrected chi connectivity index (χ4v) is 4.55. The second kappa shape index (κ2) is 13.5. The number of ether oxygens (including phenoxy) is 2. The molecule has 0 bridgehead atoms. The van der Waals surface area contributed by atoms with Crippen molar-refractivity contribution in [1.82, 2.24) is 0 Å². The van der Waals surface area contributed by atoms with Gasteiger partial charge in [-0.1, -0.05) is 72.3 Å². The SMILES string of the molecule is O=C(O)C(Cl)Oc1ccc(OCC=C(c2ccc(-c3ccc(F)c(F)c3)cc2)c2ccc(-c3ccc(F)c(F)c3)cc2)cc1. The third-order valence-electron chi connectivity index (χ3n) is 6.69. The van der Waals surface area contributed by atoms with Gasteiger partial charge in [0.1, 0.15) is 18.1 Å². The molecule has 0 amide bonds. The van der Waals surface area contributed by atoms with Crippen molar-refractivity contribution in [3.8, 4) is 33.8 Å². The molecule has 1 N–H and O–H groups in total. The van der Waals surface area contributed by atoms with E-state index in [1.807, 2.05) is 30.3 Å². The van der Waals surface area contributed by atoms with Crippen LogP contribution in [0.15, 0.2) is 115 Å². The first-order chi connectivity index (χ1) is 21.2. The van der Waals surface area contributed by atoms with E-state index < -0.39 is 34.8 Å². The monoisotopic (exact) mass is 618 g/mol. The molecule has 1 unspecified atom stereocenters. The highest BCUT2D eigenvalue weighted by molar-refractivity contribution is 6.28. The Labute approximate surface area is 255 Å². The molecule has 0 radical (unpaired) electrons. The zero-order chi connectivity index (χ0) is 31.2. The number of benzene rings is 5. The predicted molar refractivity (Wildman–Crippen MR) is 161 cm³/mol. The van der Waals surface area contributed by atoms with E-state index in [4.69, 9.17) is 26.2 Å². The Bertz CT molecular complexity index is 1710. The molecule has 0 saturated heterocycles. The topological polar surface area (TPSA) is 55.8 Å². The number of carbonyl (C=O) groups is 1. The van der Waals surface area contributed by atoms with Gasteiger partial charge in [-0.2, -0.15) is 0 Å². The Morgan fingerprint density at radius 2 is 1.07 bits per heavy atom. The largest absolute Gasteiger partial charge is 0.490 e. The average Bonchev–Trinajstić information content (AvgIpc) is 3.03. The lowest BCUT2D eigenvalue weighted by molar-refractivity contribution is -0.141. The molecule has 1 atom stereocenters. The number of aliphatic carboxylic acids is 1. The van der Waals surface area contributed by atoms with Gasteiger partial charge in [-0.15, -0.1) is 0 Å². The summed E-state index contributed by atoms with van der Waals surface area (Å²) in [6.07, 6.45) is 1.86. The normalized spacial score (nSPS) is 11.5. The van der Waals surface area contributed by atoms with Gasteiger partial charge in [-0.05, 0) is 93.6 Å². The fraction of sp³-hybridized carbons (Fsp3) is 0.0571. The minimum atomic E-state index is -1.52. The molecule has 0 aliphatic carbocycles. The number of hydrogen-bond acceptors (Lipinski definition) is 3. The summed E-state index contributed by atoms with van der Waals surface area (Å²) in [5.74, 6) is -4.26. The summed E-state index contributed by atoms with van der Waals surface area (Å²) >= 11 is 5.62. The summed E-state index contributed by atoms with van der Waals surface area (Å²) < 4.78 is 65.5. The van der Waals surface area contributed by atoms with Crippen molar-refractivity contribution >= 4 is 23.1 Å². The number of carboxylic acid groups (broad SMARTS) is 1. The summed E-state index contributed by atoms with van der Waals surface area (Å²) in [4.78, 5) is 10.9. The van der Waals surface area contributed by atoms with E-state index in [9.17, 15) is 22.4 Å². The maximum atomic E-state index is 13.8. The van der Waals surface area contributed by atoms with E-state index in [1.54, 1.807) is 36.4 Å². The van der Waals surface area contributed by atoms with Crippen LogP contribution in [0, 0.1) is 23.3 Å². The first-order valence-electron chi connectivity index (χ1n) is 13.3. The number of rotatable bonds is 10. The first-order valence-corrected chi connectivity index (χ1v) is 13.7. The highest BCUT2D eigenvalue weighted by atomic mass is 35.5. The van der Waals surface area contributed by atoms with Crippen LogP contribution >= 0.6 is 11.6 Å². The molecule has 5 aromatic carbocycles. The molecule has 5 rings (SSSR count). The predicted octanol–water partition coefficient (Wildman–Crippen LogP) is 9.12. The van der Waals surface area contributed by atoms with E-state index in [0.29, 0.717) is 28.0 Å². The molecular formula is C35H23ClF4O4. The van der Waals surface area contributed by atoms with Crippen LogP contribution < -0.4 is 9.47 Å². The van der Waals surface area contributed by atoms with Crippen LogP contribution in [-0.4, -0.2) is 23.2 Å². The van der Waals surface area contributed by atoms with Gasteiger partial charge >= 0.3 is 5.97 Å². The van der Waals surface area contributed by atoms with Crippen molar-refractivity contribution in [3.63, 3.8) is 0 Å². The standard InChI is InChI=1S/C35H23ClF4O4/c36-34(35(41)42)44-28-13-11-27(12-14-28)43-18-17-29(23-5-1-21(2-6-23)25-9-15-30(37)32(39)19-25)24-7-3-22(4-8-24)26-10-16-31(38)33(40)20-26/h1-17,19-20,34H,18H2,(H,41,42). The summed E-state index contributed by atoms with van der Waals surface area (Å²) in [6.45, 7) is 0.151. The Kier molecular flexibility index (Phi) is 9.31. The fourth-order valence-electron chi connectivity index (χ4n) is 4.44. The molecule has 0 aliphatic heterocycles. The van der Waals surface area contributed by atoms with Crippen molar-refractivity contribution in [2.75, 3.05) is 6.61 Å². The van der Waals surface area contributed by atoms with Gasteiger partial charge in [0, 0.05) is 0 Å². The Morgan fingerprint density at radius 1 is 0.636 bits per heavy atom. The Balaban J connectivity index is 1.40. The van der Waals surface area contributed by atoms with Crippen molar-refractivity contribution in [3.05, 3.63) is 150 Å². The van der Waals surface area contributed by atoms with Crippen molar-refractivity contribution in [2.45, 2.75) is 5.56 Å². The molecule has 5 aromatic rings. The van der Waals surface area contributed by atoms with Crippen molar-refractivity contribution < 1.29 is 36.9 Å². The van der Waals surface area contributed by atoms with Gasteiger partial charge in [-0.25, -0.2) is 22.4 Å². The highest BCUT2D eigenvalue weighted by Crippen LogP contribution is 2.30. The number of halogens is 5. The summed E-state index contributed by atoms with van der Waals surface area (Å²) in [7, 11) is 0. The Morgan fingerprint density at radius 3 is 1.50 bits per heavy atom. The second-order valence-corrected chi connectivity index (χ2v) is 9.98. The molecule has 0 heterocycles. The van der Waals surface area contributed by atoms with Crippen LogP contribution in [0.5, 0.6) is 11.5 Å². The minimum absolute atomic E-state index is 0.151. The first kappa shape index (κ1) is 30.4. The number of alkyl halides is 1. The third-order valence-corrected chi connectivity index (χ3v) is 6.97. The lowest BCUT2D eigenvalue weighted by Gasteiger charge is -2.13. The van der Waals surface area contributed by atoms with Gasteiger partial charge in [0.25, 0.3) is 5.56 Å². The molecule has 0 aliphatic rings. The van der Waals surface area contributed by atoms with Crippen LogP contribution in [0.4, 0.5) is 17.6 Å². The summed E-state index contributed by atoms with van der Waals surface area (Å²) in [5, 5.41) is 8.90. The maximum absolute atomic E-state index is 13.8. The average molecular weight is 619 g/mol. The molecule has 4 nitrogen and oxygen atoms in total. The van der Waals surface area contributed by atoms with E-state index >= 15 is 0 Å². The van der Waals surface area contributed by atoms with Crippen molar-refractivity contribution in [1.29, 1.82) is 0 Å². The van der Waals surface area contributed by atoms with Crippen LogP contribution in [0.1, 0.15) is 11.1 Å². The van der Waals surface area contributed by atoms with Gasteiger partial charge in [0.2, 0.25) is 0 Å². The molecular weight excluding hydrogens is 596 g/mol. The lowest BCUT2D eigenvalue weighted by Crippen LogP contribution is -2.20. The number of hydrogen-bond donors (Lipinski definition) is 1. The van der Waals surface area contributed by atoms with Gasteiger partial charge < -0.3 is 14.6 Å². The molecule has 222 valence electrons. The van der Waals surface area contributed by atoms with Crippen molar-refractivity contribution in [2.24, 2.45) is 0 Å². The van der Waals surface area contributed by atoms with Crippen LogP contribution in [0.3, 0.4) is 0 Å². The van der Waals surface area contributed by atoms with Crippen LogP contribution in [0.25, 0.3) is 27.8 Å². The summed E-state index contributed by atoms with van der Waals surface area (Å²) in [5.41, 5.74) is 3.34. The van der Waals surface area contributed by atoms with Crippen LogP contribution in [0.2, 0.25) is 0 Å². The van der Waals surface area contributed by atoms with E-state index in [2.05, 4.69) is 0 Å². The van der Waals surface area contributed by atoms with E-state index in [0.717, 1.165) is 41.0 Å². The van der Waals surface area contributed by atoms with E-state index in [-0.39, 0.29) is 12.4 Å².